The van der Waals surface area contributed by atoms with Gasteiger partial charge in [0.15, 0.2) is 9.52 Å². The third-order valence-electron chi connectivity index (χ3n) is 1.86. The van der Waals surface area contributed by atoms with Gasteiger partial charge in [0.1, 0.15) is 5.91 Å². The minimum atomic E-state index is -0.135. The van der Waals surface area contributed by atoms with Gasteiger partial charge in [0.05, 0.1) is 0 Å². The van der Waals surface area contributed by atoms with Crippen LogP contribution in [0.3, 0.4) is 0 Å². The zero-order valence-electron chi connectivity index (χ0n) is 8.49. The summed E-state index contributed by atoms with van der Waals surface area (Å²) >= 11 is 0. The Hall–Kier alpha value is -0.903. The van der Waals surface area contributed by atoms with Gasteiger partial charge in [0.2, 0.25) is 0 Å². The third kappa shape index (κ3) is 3.10. The molecule has 0 fully saturated rings. The summed E-state index contributed by atoms with van der Waals surface area (Å²) in [6, 6.07) is 8.22. The van der Waals surface area contributed by atoms with Gasteiger partial charge in [0.25, 0.3) is 0 Å². The SMILES string of the molecule is C=Cc1ccc([Si]C(OC)OC)cc1. The highest BCUT2D eigenvalue weighted by atomic mass is 28.2. The first-order chi connectivity index (χ1) is 6.80. The molecule has 0 spiro atoms. The second kappa shape index (κ2) is 5.75. The Kier molecular flexibility index (Phi) is 4.59. The molecule has 0 aliphatic carbocycles. The molecule has 0 N–H and O–H groups in total. The first-order valence-corrected chi connectivity index (χ1v) is 5.42. The van der Waals surface area contributed by atoms with Crippen molar-refractivity contribution in [1.29, 1.82) is 0 Å². The first kappa shape index (κ1) is 11.2. The fourth-order valence-electron chi connectivity index (χ4n) is 1.07. The molecule has 1 aromatic rings. The second-order valence-electron chi connectivity index (χ2n) is 2.77. The Morgan fingerprint density at radius 2 is 1.79 bits per heavy atom. The lowest BCUT2D eigenvalue weighted by atomic mass is 10.2. The summed E-state index contributed by atoms with van der Waals surface area (Å²) in [6.45, 7) is 3.71. The van der Waals surface area contributed by atoms with Gasteiger partial charge in [-0.2, -0.15) is 0 Å². The van der Waals surface area contributed by atoms with E-state index in [1.165, 1.54) is 5.19 Å². The van der Waals surface area contributed by atoms with Crippen molar-refractivity contribution >= 4 is 20.8 Å². The third-order valence-corrected chi connectivity index (χ3v) is 3.23. The van der Waals surface area contributed by atoms with E-state index in [9.17, 15) is 0 Å². The Labute approximate surface area is 87.4 Å². The maximum atomic E-state index is 5.13. The Morgan fingerprint density at radius 3 is 2.21 bits per heavy atom. The van der Waals surface area contributed by atoms with Crippen LogP contribution < -0.4 is 5.19 Å². The van der Waals surface area contributed by atoms with Crippen LogP contribution in [0.2, 0.25) is 0 Å². The van der Waals surface area contributed by atoms with Gasteiger partial charge in [-0.05, 0) is 5.56 Å². The summed E-state index contributed by atoms with van der Waals surface area (Å²) in [5.74, 6) is -0.135. The summed E-state index contributed by atoms with van der Waals surface area (Å²) in [4.78, 5) is 0. The van der Waals surface area contributed by atoms with Crippen LogP contribution in [0, 0.1) is 0 Å². The Morgan fingerprint density at radius 1 is 1.21 bits per heavy atom. The van der Waals surface area contributed by atoms with Gasteiger partial charge in [-0.25, -0.2) is 0 Å². The molecular weight excluding hydrogens is 192 g/mol. The summed E-state index contributed by atoms with van der Waals surface area (Å²) in [5.41, 5.74) is 1.13. The van der Waals surface area contributed by atoms with E-state index >= 15 is 0 Å². The monoisotopic (exact) mass is 206 g/mol. The van der Waals surface area contributed by atoms with Gasteiger partial charge >= 0.3 is 0 Å². The molecule has 0 aromatic heterocycles. The number of benzene rings is 1. The summed E-state index contributed by atoms with van der Waals surface area (Å²) in [7, 11) is 3.82. The van der Waals surface area contributed by atoms with E-state index in [0.29, 0.717) is 9.52 Å². The van der Waals surface area contributed by atoms with Crippen molar-refractivity contribution in [3.8, 4) is 0 Å². The molecule has 0 unspecified atom stereocenters. The van der Waals surface area contributed by atoms with E-state index < -0.39 is 0 Å². The molecule has 0 heterocycles. The number of methoxy groups -OCH3 is 2. The highest BCUT2D eigenvalue weighted by Crippen LogP contribution is 1.98. The van der Waals surface area contributed by atoms with Crippen LogP contribution in [-0.2, 0) is 9.47 Å². The van der Waals surface area contributed by atoms with Crippen molar-refractivity contribution in [3.05, 3.63) is 36.4 Å². The number of hydrogen-bond donors (Lipinski definition) is 0. The Bertz CT molecular complexity index is 278. The number of rotatable bonds is 5. The molecule has 2 nitrogen and oxygen atoms in total. The van der Waals surface area contributed by atoms with Crippen LogP contribution in [0.25, 0.3) is 6.08 Å². The molecule has 0 aliphatic heterocycles. The number of ether oxygens (including phenoxy) is 2. The molecule has 1 rings (SSSR count). The van der Waals surface area contributed by atoms with E-state index in [4.69, 9.17) is 9.47 Å². The van der Waals surface area contributed by atoms with Gasteiger partial charge < -0.3 is 9.47 Å². The van der Waals surface area contributed by atoms with Crippen LogP contribution in [0.5, 0.6) is 0 Å². The quantitative estimate of drug-likeness (QED) is 0.533. The molecule has 0 saturated carbocycles. The second-order valence-corrected chi connectivity index (χ2v) is 4.11. The van der Waals surface area contributed by atoms with Crippen LogP contribution in [0.4, 0.5) is 0 Å². The average Bonchev–Trinajstić information content (AvgIpc) is 2.26. The molecule has 1 aromatic carbocycles. The molecule has 74 valence electrons. The predicted molar refractivity (Wildman–Crippen MR) is 59.7 cm³/mol. The zero-order valence-corrected chi connectivity index (χ0v) is 9.49. The fourth-order valence-corrected chi connectivity index (χ4v) is 1.93. The van der Waals surface area contributed by atoms with Crippen molar-refractivity contribution in [2.24, 2.45) is 0 Å². The molecule has 0 atom stereocenters. The van der Waals surface area contributed by atoms with Crippen LogP contribution in [-0.4, -0.2) is 29.7 Å². The molecule has 3 heteroatoms. The van der Waals surface area contributed by atoms with Gasteiger partial charge in [-0.1, -0.05) is 42.1 Å². The largest absolute Gasteiger partial charge is 0.360 e. The van der Waals surface area contributed by atoms with E-state index in [0.717, 1.165) is 5.56 Å². The van der Waals surface area contributed by atoms with Gasteiger partial charge in [-0.3, -0.25) is 0 Å². The van der Waals surface area contributed by atoms with E-state index in [1.54, 1.807) is 14.2 Å². The molecule has 0 bridgehead atoms. The smallest absolute Gasteiger partial charge is 0.157 e. The normalized spacial score (nSPS) is 10.5. The molecular formula is C11H14O2Si. The highest BCUT2D eigenvalue weighted by Gasteiger charge is 2.07. The van der Waals surface area contributed by atoms with Gasteiger partial charge in [-0.15, -0.1) is 0 Å². The summed E-state index contributed by atoms with van der Waals surface area (Å²) in [5, 5.41) is 1.23. The Balaban J connectivity index is 2.63. The lowest BCUT2D eigenvalue weighted by Gasteiger charge is -2.11. The van der Waals surface area contributed by atoms with Crippen molar-refractivity contribution in [1.82, 2.24) is 0 Å². The van der Waals surface area contributed by atoms with Crippen molar-refractivity contribution in [2.75, 3.05) is 14.2 Å². The standard InChI is InChI=1S/C11H14O2Si/c1-4-9-5-7-10(8-6-9)14-11(12-2)13-3/h4-8,11H,1H2,2-3H3. The summed E-state index contributed by atoms with van der Waals surface area (Å²) in [6.07, 6.45) is 1.83. The van der Waals surface area contributed by atoms with Crippen molar-refractivity contribution < 1.29 is 9.47 Å². The molecule has 2 radical (unpaired) electrons. The van der Waals surface area contributed by atoms with Crippen LogP contribution in [0.1, 0.15) is 5.56 Å². The van der Waals surface area contributed by atoms with Crippen LogP contribution in [0.15, 0.2) is 30.8 Å². The highest BCUT2D eigenvalue weighted by molar-refractivity contribution is 6.54. The number of hydrogen-bond acceptors (Lipinski definition) is 2. The average molecular weight is 206 g/mol. The fraction of sp³-hybridized carbons (Fsp3) is 0.273. The predicted octanol–water partition coefficient (Wildman–Crippen LogP) is 1.24. The molecule has 0 saturated heterocycles. The summed E-state index contributed by atoms with van der Waals surface area (Å²) < 4.78 is 10.3. The zero-order chi connectivity index (χ0) is 10.4. The molecule has 0 aliphatic rings. The molecule has 0 amide bonds. The maximum Gasteiger partial charge on any atom is 0.157 e. The lowest BCUT2D eigenvalue weighted by molar-refractivity contribution is -0.0429. The van der Waals surface area contributed by atoms with Crippen LogP contribution >= 0.6 is 0 Å². The first-order valence-electron chi connectivity index (χ1n) is 4.34. The maximum absolute atomic E-state index is 5.13. The minimum absolute atomic E-state index is 0.135. The van der Waals surface area contributed by atoms with Gasteiger partial charge in [0, 0.05) is 14.2 Å². The minimum Gasteiger partial charge on any atom is -0.360 e. The van der Waals surface area contributed by atoms with E-state index in [1.807, 2.05) is 18.2 Å². The van der Waals surface area contributed by atoms with E-state index in [2.05, 4.69) is 18.7 Å². The van der Waals surface area contributed by atoms with E-state index in [-0.39, 0.29) is 5.91 Å². The topological polar surface area (TPSA) is 18.5 Å². The van der Waals surface area contributed by atoms with Crippen molar-refractivity contribution in [3.63, 3.8) is 0 Å². The van der Waals surface area contributed by atoms with Crippen molar-refractivity contribution in [2.45, 2.75) is 5.91 Å². The molecule has 14 heavy (non-hydrogen) atoms. The lowest BCUT2D eigenvalue weighted by Crippen LogP contribution is -2.30.